The number of anilines is 2. The van der Waals surface area contributed by atoms with Crippen LogP contribution in [0.3, 0.4) is 0 Å². The van der Waals surface area contributed by atoms with E-state index in [0.29, 0.717) is 27.9 Å². The van der Waals surface area contributed by atoms with Gasteiger partial charge in [-0.25, -0.2) is 15.0 Å². The maximum absolute atomic E-state index is 12.6. The lowest BCUT2D eigenvalue weighted by Gasteiger charge is -2.16. The minimum Gasteiger partial charge on any atom is -0.362 e. The van der Waals surface area contributed by atoms with Crippen molar-refractivity contribution in [2.24, 2.45) is 0 Å². The van der Waals surface area contributed by atoms with E-state index in [4.69, 9.17) is 11.6 Å². The lowest BCUT2D eigenvalue weighted by molar-refractivity contribution is 0.102. The van der Waals surface area contributed by atoms with E-state index in [-0.39, 0.29) is 11.9 Å². The van der Waals surface area contributed by atoms with E-state index >= 15 is 0 Å². The van der Waals surface area contributed by atoms with Gasteiger partial charge in [0.2, 0.25) is 5.65 Å². The van der Waals surface area contributed by atoms with Crippen molar-refractivity contribution in [3.63, 3.8) is 0 Å². The highest BCUT2D eigenvalue weighted by molar-refractivity contribution is 6.30. The fourth-order valence-electron chi connectivity index (χ4n) is 3.15. The van der Waals surface area contributed by atoms with Crippen LogP contribution in [0.15, 0.2) is 48.9 Å². The Balaban J connectivity index is 1.48. The predicted octanol–water partition coefficient (Wildman–Crippen LogP) is 4.63. The summed E-state index contributed by atoms with van der Waals surface area (Å²) in [4.78, 5) is 25.6. The van der Waals surface area contributed by atoms with E-state index in [1.54, 1.807) is 12.3 Å². The van der Waals surface area contributed by atoms with Gasteiger partial charge in [-0.2, -0.15) is 5.10 Å². The molecule has 4 aromatic rings. The Morgan fingerprint density at radius 3 is 2.84 bits per heavy atom. The molecule has 0 radical (unpaired) electrons. The fraction of sp³-hybridized carbons (Fsp3) is 0.227. The SMILES string of the molecule is CCn1cc2ncc(N[C@@H](C)c3cccc(NC(=O)c4cnc(Cl)c(C)c4)c3)nc2n1. The van der Waals surface area contributed by atoms with Crippen molar-refractivity contribution < 1.29 is 4.79 Å². The number of rotatable bonds is 6. The molecule has 1 amide bonds. The second-order valence-electron chi connectivity index (χ2n) is 7.23. The molecule has 158 valence electrons. The molecule has 31 heavy (non-hydrogen) atoms. The van der Waals surface area contributed by atoms with Crippen LogP contribution in [0.4, 0.5) is 11.5 Å². The number of nitrogens with zero attached hydrogens (tertiary/aromatic N) is 5. The molecule has 3 aromatic heterocycles. The van der Waals surface area contributed by atoms with Crippen molar-refractivity contribution in [3.8, 4) is 0 Å². The number of benzene rings is 1. The second-order valence-corrected chi connectivity index (χ2v) is 7.58. The number of nitrogens with one attached hydrogen (secondary N) is 2. The third-order valence-electron chi connectivity index (χ3n) is 4.89. The molecule has 0 aliphatic heterocycles. The highest BCUT2D eigenvalue weighted by Crippen LogP contribution is 2.22. The molecule has 0 aliphatic carbocycles. The van der Waals surface area contributed by atoms with Gasteiger partial charge in [-0.15, -0.1) is 0 Å². The first-order chi connectivity index (χ1) is 14.9. The van der Waals surface area contributed by atoms with Gasteiger partial charge in [0.1, 0.15) is 16.5 Å². The van der Waals surface area contributed by atoms with Gasteiger partial charge in [0, 0.05) is 18.4 Å². The fourth-order valence-corrected chi connectivity index (χ4v) is 3.26. The summed E-state index contributed by atoms with van der Waals surface area (Å²) in [6.45, 7) is 6.61. The highest BCUT2D eigenvalue weighted by atomic mass is 35.5. The Bertz CT molecular complexity index is 1250. The molecule has 1 atom stereocenters. The average molecular weight is 436 g/mol. The number of hydrogen-bond donors (Lipinski definition) is 2. The molecule has 3 heterocycles. The Labute approximate surface area is 184 Å². The van der Waals surface area contributed by atoms with Gasteiger partial charge in [0.15, 0.2) is 0 Å². The molecule has 0 spiro atoms. The Morgan fingerprint density at radius 2 is 2.06 bits per heavy atom. The smallest absolute Gasteiger partial charge is 0.257 e. The van der Waals surface area contributed by atoms with Crippen molar-refractivity contribution in [2.75, 3.05) is 10.6 Å². The number of aryl methyl sites for hydroxylation is 2. The molecule has 1 aromatic carbocycles. The van der Waals surface area contributed by atoms with Crippen molar-refractivity contribution >= 4 is 40.2 Å². The average Bonchev–Trinajstić information content (AvgIpc) is 3.18. The van der Waals surface area contributed by atoms with Crippen LogP contribution in [0.5, 0.6) is 0 Å². The van der Waals surface area contributed by atoms with E-state index < -0.39 is 0 Å². The zero-order chi connectivity index (χ0) is 22.0. The van der Waals surface area contributed by atoms with Gasteiger partial charge in [-0.05, 0) is 50.1 Å². The van der Waals surface area contributed by atoms with Crippen LogP contribution in [-0.4, -0.2) is 30.6 Å². The van der Waals surface area contributed by atoms with E-state index in [2.05, 4.69) is 30.7 Å². The first kappa shape index (κ1) is 20.7. The quantitative estimate of drug-likeness (QED) is 0.428. The molecular weight excluding hydrogens is 414 g/mol. The number of aromatic nitrogens is 5. The monoisotopic (exact) mass is 435 g/mol. The van der Waals surface area contributed by atoms with Crippen LogP contribution in [0.2, 0.25) is 5.15 Å². The van der Waals surface area contributed by atoms with Crippen LogP contribution in [0.1, 0.15) is 41.4 Å². The van der Waals surface area contributed by atoms with Gasteiger partial charge in [0.05, 0.1) is 24.0 Å². The van der Waals surface area contributed by atoms with E-state index in [9.17, 15) is 4.79 Å². The standard InChI is InChI=1S/C22H22ClN7O/c1-4-30-12-18-21(29-30)28-19(11-24-18)26-14(3)15-6-5-7-17(9-15)27-22(31)16-8-13(2)20(23)25-10-16/h5-12,14H,4H2,1-3H3,(H,27,31)(H,26,28,29)/t14-/m0/s1. The molecule has 9 heteroatoms. The summed E-state index contributed by atoms with van der Waals surface area (Å²) in [5.41, 5.74) is 4.25. The molecule has 0 fully saturated rings. The summed E-state index contributed by atoms with van der Waals surface area (Å²) >= 11 is 5.94. The number of amides is 1. The molecule has 0 aliphatic rings. The van der Waals surface area contributed by atoms with Crippen LogP contribution >= 0.6 is 11.6 Å². The van der Waals surface area contributed by atoms with Gasteiger partial charge < -0.3 is 10.6 Å². The minimum absolute atomic E-state index is 0.0590. The molecule has 2 N–H and O–H groups in total. The van der Waals surface area contributed by atoms with Crippen molar-refractivity contribution in [3.05, 3.63) is 70.8 Å². The summed E-state index contributed by atoms with van der Waals surface area (Å²) < 4.78 is 1.81. The molecule has 0 bridgehead atoms. The number of fused-ring (bicyclic) bond motifs is 1. The highest BCUT2D eigenvalue weighted by Gasteiger charge is 2.12. The van der Waals surface area contributed by atoms with E-state index in [1.807, 2.05) is 55.9 Å². The van der Waals surface area contributed by atoms with Crippen LogP contribution in [0, 0.1) is 6.92 Å². The summed E-state index contributed by atoms with van der Waals surface area (Å²) in [5, 5.41) is 11.0. The normalized spacial score (nSPS) is 12.0. The van der Waals surface area contributed by atoms with E-state index in [0.717, 1.165) is 23.2 Å². The first-order valence-electron chi connectivity index (χ1n) is 9.93. The van der Waals surface area contributed by atoms with Gasteiger partial charge in [-0.3, -0.25) is 9.48 Å². The number of carbonyl (C=O) groups excluding carboxylic acids is 1. The van der Waals surface area contributed by atoms with E-state index in [1.165, 1.54) is 6.20 Å². The molecule has 0 unspecified atom stereocenters. The Hall–Kier alpha value is -3.52. The Kier molecular flexibility index (Phi) is 5.81. The zero-order valence-electron chi connectivity index (χ0n) is 17.4. The summed E-state index contributed by atoms with van der Waals surface area (Å²) in [6.07, 6.45) is 5.04. The van der Waals surface area contributed by atoms with Gasteiger partial charge >= 0.3 is 0 Å². The third kappa shape index (κ3) is 4.64. The maximum atomic E-state index is 12.6. The van der Waals surface area contributed by atoms with Crippen molar-refractivity contribution in [2.45, 2.75) is 33.4 Å². The van der Waals surface area contributed by atoms with Crippen LogP contribution in [0.25, 0.3) is 11.2 Å². The van der Waals surface area contributed by atoms with Crippen molar-refractivity contribution in [1.82, 2.24) is 24.7 Å². The van der Waals surface area contributed by atoms with Crippen LogP contribution < -0.4 is 10.6 Å². The molecule has 4 rings (SSSR count). The predicted molar refractivity (Wildman–Crippen MR) is 121 cm³/mol. The maximum Gasteiger partial charge on any atom is 0.257 e. The minimum atomic E-state index is -0.243. The lowest BCUT2D eigenvalue weighted by Crippen LogP contribution is -2.13. The Morgan fingerprint density at radius 1 is 1.23 bits per heavy atom. The first-order valence-corrected chi connectivity index (χ1v) is 10.3. The van der Waals surface area contributed by atoms with Crippen LogP contribution in [-0.2, 0) is 6.54 Å². The third-order valence-corrected chi connectivity index (χ3v) is 5.28. The summed E-state index contributed by atoms with van der Waals surface area (Å²) in [6, 6.07) is 9.30. The van der Waals surface area contributed by atoms with Gasteiger partial charge in [-0.1, -0.05) is 23.7 Å². The number of pyridine rings is 1. The number of hydrogen-bond acceptors (Lipinski definition) is 6. The number of carbonyl (C=O) groups is 1. The summed E-state index contributed by atoms with van der Waals surface area (Å²) in [5.74, 6) is 0.395. The van der Waals surface area contributed by atoms with Gasteiger partial charge in [0.25, 0.3) is 5.91 Å². The molecular formula is C22H22ClN7O. The van der Waals surface area contributed by atoms with Crippen molar-refractivity contribution in [1.29, 1.82) is 0 Å². The number of halogens is 1. The molecule has 0 saturated carbocycles. The topological polar surface area (TPSA) is 97.6 Å². The molecule has 8 nitrogen and oxygen atoms in total. The zero-order valence-corrected chi connectivity index (χ0v) is 18.2. The summed E-state index contributed by atoms with van der Waals surface area (Å²) in [7, 11) is 0. The molecule has 0 saturated heterocycles. The lowest BCUT2D eigenvalue weighted by atomic mass is 10.1. The largest absolute Gasteiger partial charge is 0.362 e. The second kappa shape index (κ2) is 8.69.